The van der Waals surface area contributed by atoms with E-state index in [2.05, 4.69) is 130 Å². The molecule has 0 spiro atoms. The molecule has 0 aliphatic heterocycles. The van der Waals surface area contributed by atoms with Gasteiger partial charge < -0.3 is 14.2 Å². The normalized spacial score (nSPS) is 13.0. The average Bonchev–Trinajstić information content (AvgIpc) is 3.30. The molecule has 0 saturated heterocycles. The first-order valence-electron chi connectivity index (χ1n) is 26.4. The van der Waals surface area contributed by atoms with Crippen LogP contribution in [0.3, 0.4) is 0 Å². The highest BCUT2D eigenvalue weighted by Gasteiger charge is 2.19. The molecule has 0 amide bonds. The number of hydrogen-bond acceptors (Lipinski definition) is 6. The zero-order valence-corrected chi connectivity index (χ0v) is 42.0. The SMILES string of the molecule is CC/C=C\C/C=C\C/C=C\CCCCCCCC(=O)OC[C@H](COC(=O)CCCCCC/C=C\C/C=C\C/C=C\CCCCC)OC(=O)CCCC/C=C\C/C=C\C/C=C\CCCCC. The second-order valence-electron chi connectivity index (χ2n) is 17.0. The molecule has 0 fully saturated rings. The van der Waals surface area contributed by atoms with Crippen molar-refractivity contribution < 1.29 is 28.6 Å². The minimum absolute atomic E-state index is 0.112. The molecule has 0 N–H and O–H groups in total. The Morgan fingerprint density at radius 2 is 0.600 bits per heavy atom. The van der Waals surface area contributed by atoms with Crippen LogP contribution in [0.1, 0.15) is 226 Å². The van der Waals surface area contributed by atoms with Gasteiger partial charge in [0.15, 0.2) is 6.10 Å². The van der Waals surface area contributed by atoms with E-state index >= 15 is 0 Å². The van der Waals surface area contributed by atoms with Gasteiger partial charge in [-0.2, -0.15) is 0 Å². The van der Waals surface area contributed by atoms with E-state index in [9.17, 15) is 14.4 Å². The molecular weight excluding hydrogens is 805 g/mol. The fourth-order valence-corrected chi connectivity index (χ4v) is 6.76. The average molecular weight is 901 g/mol. The van der Waals surface area contributed by atoms with Gasteiger partial charge >= 0.3 is 17.9 Å². The van der Waals surface area contributed by atoms with Crippen LogP contribution >= 0.6 is 0 Å². The molecule has 0 aromatic rings. The molecule has 6 nitrogen and oxygen atoms in total. The van der Waals surface area contributed by atoms with E-state index < -0.39 is 6.10 Å². The van der Waals surface area contributed by atoms with Crippen molar-refractivity contribution in [1.82, 2.24) is 0 Å². The molecule has 0 heterocycles. The van der Waals surface area contributed by atoms with Crippen LogP contribution in [0.15, 0.2) is 109 Å². The van der Waals surface area contributed by atoms with Crippen molar-refractivity contribution in [3.63, 3.8) is 0 Å². The van der Waals surface area contributed by atoms with Crippen LogP contribution in [0.25, 0.3) is 0 Å². The largest absolute Gasteiger partial charge is 0.462 e. The lowest BCUT2D eigenvalue weighted by Crippen LogP contribution is -2.30. The predicted octanol–water partition coefficient (Wildman–Crippen LogP) is 17.5. The first-order chi connectivity index (χ1) is 32.0. The smallest absolute Gasteiger partial charge is 0.306 e. The van der Waals surface area contributed by atoms with Gasteiger partial charge in [0.05, 0.1) is 0 Å². The summed E-state index contributed by atoms with van der Waals surface area (Å²) in [5.41, 5.74) is 0. The predicted molar refractivity (Wildman–Crippen MR) is 279 cm³/mol. The second kappa shape index (κ2) is 52.7. The maximum Gasteiger partial charge on any atom is 0.306 e. The third kappa shape index (κ3) is 50.9. The fraction of sp³-hybridized carbons (Fsp3) is 0.644. The highest BCUT2D eigenvalue weighted by atomic mass is 16.6. The van der Waals surface area contributed by atoms with E-state index in [1.165, 1.54) is 51.4 Å². The topological polar surface area (TPSA) is 78.9 Å². The second-order valence-corrected chi connectivity index (χ2v) is 17.0. The number of unbranched alkanes of at least 4 members (excludes halogenated alkanes) is 17. The first-order valence-corrected chi connectivity index (χ1v) is 26.4. The van der Waals surface area contributed by atoms with Crippen LogP contribution in [0.2, 0.25) is 0 Å². The molecule has 0 aromatic heterocycles. The van der Waals surface area contributed by atoms with Gasteiger partial charge in [0.2, 0.25) is 0 Å². The van der Waals surface area contributed by atoms with Gasteiger partial charge in [0.25, 0.3) is 0 Å². The molecule has 6 heteroatoms. The molecular formula is C59H96O6. The van der Waals surface area contributed by atoms with E-state index in [4.69, 9.17) is 14.2 Å². The van der Waals surface area contributed by atoms with E-state index in [-0.39, 0.29) is 37.5 Å². The van der Waals surface area contributed by atoms with Gasteiger partial charge in [-0.25, -0.2) is 0 Å². The van der Waals surface area contributed by atoms with Gasteiger partial charge in [-0.1, -0.05) is 188 Å². The maximum atomic E-state index is 12.8. The number of hydrogen-bond donors (Lipinski definition) is 0. The van der Waals surface area contributed by atoms with Crippen molar-refractivity contribution in [1.29, 1.82) is 0 Å². The Balaban J connectivity index is 4.53. The van der Waals surface area contributed by atoms with Gasteiger partial charge in [0, 0.05) is 19.3 Å². The fourth-order valence-electron chi connectivity index (χ4n) is 6.76. The van der Waals surface area contributed by atoms with E-state index in [0.29, 0.717) is 19.3 Å². The molecule has 65 heavy (non-hydrogen) atoms. The van der Waals surface area contributed by atoms with Crippen molar-refractivity contribution in [3.05, 3.63) is 109 Å². The lowest BCUT2D eigenvalue weighted by Gasteiger charge is -2.18. The van der Waals surface area contributed by atoms with Gasteiger partial charge in [0.1, 0.15) is 13.2 Å². The van der Waals surface area contributed by atoms with Crippen LogP contribution in [-0.2, 0) is 28.6 Å². The summed E-state index contributed by atoms with van der Waals surface area (Å²) in [5.74, 6) is -0.993. The highest BCUT2D eigenvalue weighted by molar-refractivity contribution is 5.71. The number of carbonyl (C=O) groups is 3. The summed E-state index contributed by atoms with van der Waals surface area (Å²) in [6.45, 7) is 6.39. The molecule has 0 aliphatic rings. The Bertz CT molecular complexity index is 1360. The molecule has 0 rings (SSSR count). The molecule has 0 unspecified atom stereocenters. The number of rotatable bonds is 46. The first kappa shape index (κ1) is 61.1. The molecule has 1 atom stereocenters. The molecule has 0 aliphatic carbocycles. The van der Waals surface area contributed by atoms with Crippen LogP contribution in [0, 0.1) is 0 Å². The Morgan fingerprint density at radius 1 is 0.323 bits per heavy atom. The number of ether oxygens (including phenoxy) is 3. The maximum absolute atomic E-state index is 12.8. The monoisotopic (exact) mass is 901 g/mol. The Labute approximate surface area is 400 Å². The third-order valence-electron chi connectivity index (χ3n) is 10.7. The number of esters is 3. The minimum atomic E-state index is -0.816. The minimum Gasteiger partial charge on any atom is -0.462 e. The summed E-state index contributed by atoms with van der Waals surface area (Å²) in [6, 6.07) is 0. The molecule has 0 radical (unpaired) electrons. The van der Waals surface area contributed by atoms with Crippen LogP contribution < -0.4 is 0 Å². The van der Waals surface area contributed by atoms with Crippen molar-refractivity contribution in [2.45, 2.75) is 232 Å². The quantitative estimate of drug-likeness (QED) is 0.0262. The third-order valence-corrected chi connectivity index (χ3v) is 10.7. The van der Waals surface area contributed by atoms with Crippen LogP contribution in [0.5, 0.6) is 0 Å². The van der Waals surface area contributed by atoms with Crippen LogP contribution in [-0.4, -0.2) is 37.2 Å². The lowest BCUT2D eigenvalue weighted by atomic mass is 10.1. The van der Waals surface area contributed by atoms with E-state index in [1.54, 1.807) is 0 Å². The van der Waals surface area contributed by atoms with Crippen molar-refractivity contribution in [2.75, 3.05) is 13.2 Å². The summed E-state index contributed by atoms with van der Waals surface area (Å²) in [4.78, 5) is 38.0. The lowest BCUT2D eigenvalue weighted by molar-refractivity contribution is -0.167. The number of carbonyl (C=O) groups excluding carboxylic acids is 3. The molecule has 368 valence electrons. The van der Waals surface area contributed by atoms with Crippen molar-refractivity contribution in [3.8, 4) is 0 Å². The standard InChI is InChI=1S/C59H96O6/c1-4-7-10-13-16-19-22-25-28-29-32-34-37-40-43-46-49-52-58(61)64-55-56(65-59(62)53-50-47-44-41-38-35-31-27-24-21-18-15-12-9-6-3)54-63-57(60)51-48-45-42-39-36-33-30-26-23-20-17-14-11-8-5-2/h8,11,16-21,25-28,30-32,34,38,41,56H,4-7,9-10,12-15,22-24,29,33,35-37,39-40,42-55H2,1-3H3/b11-8-,19-16-,20-17-,21-18-,28-25-,30-26-,31-27-,34-32-,41-38-/t56-/m1/s1. The van der Waals surface area contributed by atoms with Crippen molar-refractivity contribution >= 4 is 17.9 Å². The Morgan fingerprint density at radius 3 is 0.969 bits per heavy atom. The Hall–Kier alpha value is -3.93. The zero-order valence-electron chi connectivity index (χ0n) is 42.0. The molecule has 0 aromatic carbocycles. The van der Waals surface area contributed by atoms with Crippen molar-refractivity contribution in [2.24, 2.45) is 0 Å². The highest BCUT2D eigenvalue weighted by Crippen LogP contribution is 2.12. The van der Waals surface area contributed by atoms with Crippen LogP contribution in [0.4, 0.5) is 0 Å². The molecule has 0 bridgehead atoms. The summed E-state index contributed by atoms with van der Waals surface area (Å²) in [5, 5.41) is 0. The Kier molecular flexibility index (Phi) is 49.5. The summed E-state index contributed by atoms with van der Waals surface area (Å²) in [6.07, 6.45) is 70.7. The van der Waals surface area contributed by atoms with Gasteiger partial charge in [-0.15, -0.1) is 0 Å². The summed E-state index contributed by atoms with van der Waals surface area (Å²) < 4.78 is 16.7. The van der Waals surface area contributed by atoms with E-state index in [0.717, 1.165) is 128 Å². The zero-order chi connectivity index (χ0) is 47.2. The summed E-state index contributed by atoms with van der Waals surface area (Å²) in [7, 11) is 0. The van der Waals surface area contributed by atoms with Gasteiger partial charge in [-0.3, -0.25) is 14.4 Å². The van der Waals surface area contributed by atoms with Gasteiger partial charge in [-0.05, 0) is 128 Å². The number of allylic oxidation sites excluding steroid dienone is 18. The summed E-state index contributed by atoms with van der Waals surface area (Å²) >= 11 is 0. The van der Waals surface area contributed by atoms with E-state index in [1.807, 2.05) is 0 Å². The molecule has 0 saturated carbocycles.